The summed E-state index contributed by atoms with van der Waals surface area (Å²) in [4.78, 5) is 25.5. The van der Waals surface area contributed by atoms with E-state index in [1.54, 1.807) is 30.3 Å². The van der Waals surface area contributed by atoms with Crippen molar-refractivity contribution in [3.8, 4) is 16.9 Å². The highest BCUT2D eigenvalue weighted by Crippen LogP contribution is 2.44. The molecule has 2 aromatic carbocycles. The summed E-state index contributed by atoms with van der Waals surface area (Å²) in [7, 11) is -3.78. The Labute approximate surface area is 252 Å². The van der Waals surface area contributed by atoms with Crippen LogP contribution in [0.5, 0.6) is 5.75 Å². The Bertz CT molecular complexity index is 1490. The van der Waals surface area contributed by atoms with E-state index in [2.05, 4.69) is 15.4 Å². The average Bonchev–Trinajstić information content (AvgIpc) is 3.53. The number of benzene rings is 2. The molecule has 1 heterocycles. The van der Waals surface area contributed by atoms with Gasteiger partial charge in [-0.05, 0) is 87.3 Å². The lowest BCUT2D eigenvalue weighted by atomic mass is 9.74. The Morgan fingerprint density at radius 2 is 1.91 bits per heavy atom. The van der Waals surface area contributed by atoms with Gasteiger partial charge in [-0.2, -0.15) is 0 Å². The van der Waals surface area contributed by atoms with Gasteiger partial charge in [0.2, 0.25) is 21.6 Å². The number of amides is 2. The summed E-state index contributed by atoms with van der Waals surface area (Å²) in [5.41, 5.74) is 0.117. The lowest BCUT2D eigenvalue weighted by Crippen LogP contribution is -2.49. The molecular formula is C32H41F2N3O5S. The molecule has 1 aliphatic heterocycles. The molecule has 1 spiro atoms. The van der Waals surface area contributed by atoms with Gasteiger partial charge >= 0.3 is 0 Å². The van der Waals surface area contributed by atoms with Crippen molar-refractivity contribution in [1.29, 1.82) is 0 Å². The molecule has 0 unspecified atom stereocenters. The third-order valence-electron chi connectivity index (χ3n) is 9.14. The number of hydrogen-bond acceptors (Lipinski definition) is 6. The Kier molecular flexibility index (Phi) is 8.87. The van der Waals surface area contributed by atoms with Crippen LogP contribution < -0.4 is 20.1 Å². The summed E-state index contributed by atoms with van der Waals surface area (Å²) in [5.74, 6) is -1.09. The quantitative estimate of drug-likeness (QED) is 0.362. The fourth-order valence-electron chi connectivity index (χ4n) is 6.45. The Morgan fingerprint density at radius 3 is 2.56 bits per heavy atom. The molecular weight excluding hydrogens is 576 g/mol. The zero-order valence-electron chi connectivity index (χ0n) is 25.0. The Balaban J connectivity index is 1.31. The van der Waals surface area contributed by atoms with Crippen LogP contribution in [0.2, 0.25) is 0 Å². The van der Waals surface area contributed by atoms with Crippen molar-refractivity contribution in [3.05, 3.63) is 53.3 Å². The van der Waals surface area contributed by atoms with Gasteiger partial charge in [-0.25, -0.2) is 17.2 Å². The van der Waals surface area contributed by atoms with E-state index in [4.69, 9.17) is 4.74 Å². The molecule has 2 aliphatic carbocycles. The molecule has 8 nitrogen and oxygen atoms in total. The molecule has 0 radical (unpaired) electrons. The minimum absolute atomic E-state index is 0.0377. The van der Waals surface area contributed by atoms with Gasteiger partial charge in [-0.15, -0.1) is 0 Å². The van der Waals surface area contributed by atoms with Crippen LogP contribution >= 0.6 is 0 Å². The maximum atomic E-state index is 15.5. The molecule has 11 heteroatoms. The smallest absolute Gasteiger partial charge is 0.259 e. The number of rotatable bonds is 10. The van der Waals surface area contributed by atoms with Crippen LogP contribution in [-0.2, 0) is 32.5 Å². The molecule has 3 fully saturated rings. The van der Waals surface area contributed by atoms with Crippen LogP contribution in [0, 0.1) is 5.82 Å². The molecule has 3 N–H and O–H groups in total. The van der Waals surface area contributed by atoms with Crippen molar-refractivity contribution in [1.82, 2.24) is 15.4 Å². The SMILES string of the molecule is CCc1c(F)cccc1-c1cc(CC(=O)NS(=O)(=O)C(C)C)ccc1O[C@@H]1CC[C@@H](NC(=O)[C@@]2(F)CNC3(CCC3)C2)C1. The minimum Gasteiger partial charge on any atom is -0.490 e. The van der Waals surface area contributed by atoms with E-state index >= 15 is 4.39 Å². The van der Waals surface area contributed by atoms with Gasteiger partial charge in [0.05, 0.1) is 11.7 Å². The van der Waals surface area contributed by atoms with E-state index in [0.29, 0.717) is 53.7 Å². The molecule has 0 bridgehead atoms. The number of halogens is 2. The Hall–Kier alpha value is -3.05. The minimum atomic E-state index is -3.78. The zero-order chi connectivity index (χ0) is 31.0. The fourth-order valence-corrected chi connectivity index (χ4v) is 7.07. The molecule has 2 amide bonds. The summed E-state index contributed by atoms with van der Waals surface area (Å²) in [6.45, 7) is 4.86. The first kappa shape index (κ1) is 31.4. The number of carbonyl (C=O) groups excluding carboxylic acids is 2. The van der Waals surface area contributed by atoms with E-state index in [1.165, 1.54) is 19.9 Å². The van der Waals surface area contributed by atoms with E-state index in [0.717, 1.165) is 19.3 Å². The van der Waals surface area contributed by atoms with Gasteiger partial charge in [0.25, 0.3) is 5.91 Å². The third kappa shape index (κ3) is 6.72. The molecule has 1 saturated heterocycles. The maximum absolute atomic E-state index is 15.5. The van der Waals surface area contributed by atoms with Gasteiger partial charge < -0.3 is 15.4 Å². The molecule has 2 aromatic rings. The normalized spacial score (nSPS) is 24.6. The van der Waals surface area contributed by atoms with Crippen molar-refractivity contribution >= 4 is 21.8 Å². The standard InChI is InChI=1S/C32H41F2N3O5S/c1-4-24-25(7-5-8-27(24)33)26-15-21(16-29(38)37-43(40,41)20(2)3)9-12-28(26)42-23-11-10-22(17-23)36-30(39)32(34)18-31(35-19-32)13-6-14-31/h5,7-9,12,15,20,22-23,35H,4,6,10-11,13-14,16-19H2,1-3H3,(H,36,39)(H,37,38)/t22-,23-,32+/m1/s1. The highest BCUT2D eigenvalue weighted by atomic mass is 32.2. The summed E-state index contributed by atoms with van der Waals surface area (Å²) in [5, 5.41) is 5.39. The van der Waals surface area contributed by atoms with E-state index in [1.807, 2.05) is 6.92 Å². The Morgan fingerprint density at radius 1 is 1.14 bits per heavy atom. The van der Waals surface area contributed by atoms with Crippen LogP contribution in [-0.4, -0.2) is 55.4 Å². The molecule has 3 atom stereocenters. The van der Waals surface area contributed by atoms with Crippen LogP contribution in [0.1, 0.15) is 76.8 Å². The van der Waals surface area contributed by atoms with Gasteiger partial charge in [0.1, 0.15) is 17.7 Å². The largest absolute Gasteiger partial charge is 0.490 e. The second kappa shape index (κ2) is 12.1. The summed E-state index contributed by atoms with van der Waals surface area (Å²) in [6, 6.07) is 9.71. The van der Waals surface area contributed by atoms with Gasteiger partial charge in [-0.1, -0.05) is 25.1 Å². The first-order chi connectivity index (χ1) is 20.3. The maximum Gasteiger partial charge on any atom is 0.259 e. The molecule has 3 aliphatic rings. The second-order valence-electron chi connectivity index (χ2n) is 12.6. The van der Waals surface area contributed by atoms with E-state index in [9.17, 15) is 22.4 Å². The topological polar surface area (TPSA) is 114 Å². The first-order valence-electron chi connectivity index (χ1n) is 15.2. The van der Waals surface area contributed by atoms with Crippen LogP contribution in [0.25, 0.3) is 11.1 Å². The highest BCUT2D eigenvalue weighted by Gasteiger charge is 2.55. The monoisotopic (exact) mass is 617 g/mol. The van der Waals surface area contributed by atoms with Crippen molar-refractivity contribution in [2.75, 3.05) is 6.54 Å². The number of ether oxygens (including phenoxy) is 1. The lowest BCUT2D eigenvalue weighted by Gasteiger charge is -2.38. The van der Waals surface area contributed by atoms with Gasteiger partial charge in [0, 0.05) is 36.5 Å². The summed E-state index contributed by atoms with van der Waals surface area (Å²) in [6.07, 6.45) is 4.84. The van der Waals surface area contributed by atoms with Gasteiger partial charge in [-0.3, -0.25) is 14.3 Å². The number of nitrogens with one attached hydrogen (secondary N) is 3. The first-order valence-corrected chi connectivity index (χ1v) is 16.7. The van der Waals surface area contributed by atoms with Crippen molar-refractivity contribution < 1.29 is 31.5 Å². The van der Waals surface area contributed by atoms with E-state index < -0.39 is 32.8 Å². The third-order valence-corrected chi connectivity index (χ3v) is 10.9. The molecule has 43 heavy (non-hydrogen) atoms. The number of alkyl halides is 1. The van der Waals surface area contributed by atoms with Crippen LogP contribution in [0.3, 0.4) is 0 Å². The van der Waals surface area contributed by atoms with Crippen LogP contribution in [0.4, 0.5) is 8.78 Å². The molecule has 2 saturated carbocycles. The zero-order valence-corrected chi connectivity index (χ0v) is 25.8. The number of hydrogen-bond donors (Lipinski definition) is 3. The molecule has 0 aromatic heterocycles. The summed E-state index contributed by atoms with van der Waals surface area (Å²) >= 11 is 0. The predicted molar refractivity (Wildman–Crippen MR) is 160 cm³/mol. The predicted octanol–water partition coefficient (Wildman–Crippen LogP) is 4.49. The molecule has 5 rings (SSSR count). The van der Waals surface area contributed by atoms with Crippen molar-refractivity contribution in [2.24, 2.45) is 0 Å². The van der Waals surface area contributed by atoms with Crippen LogP contribution in [0.15, 0.2) is 36.4 Å². The van der Waals surface area contributed by atoms with Gasteiger partial charge in [0.15, 0.2) is 0 Å². The highest BCUT2D eigenvalue weighted by molar-refractivity contribution is 7.90. The summed E-state index contributed by atoms with van der Waals surface area (Å²) < 4.78 is 63.2. The van der Waals surface area contributed by atoms with Crippen molar-refractivity contribution in [2.45, 2.75) is 107 Å². The van der Waals surface area contributed by atoms with E-state index in [-0.39, 0.29) is 42.9 Å². The number of carbonyl (C=O) groups is 2. The second-order valence-corrected chi connectivity index (χ2v) is 14.8. The molecule has 234 valence electrons. The number of sulfonamides is 1. The lowest BCUT2D eigenvalue weighted by molar-refractivity contribution is -0.133. The average molecular weight is 618 g/mol. The fraction of sp³-hybridized carbons (Fsp3) is 0.562. The van der Waals surface area contributed by atoms with Crippen molar-refractivity contribution in [3.63, 3.8) is 0 Å².